The Balaban J connectivity index is 2.18. The van der Waals surface area contributed by atoms with E-state index in [-0.39, 0.29) is 12.0 Å². The molecule has 0 aliphatic carbocycles. The number of ether oxygens (including phenoxy) is 1. The topological polar surface area (TPSA) is 50.4 Å². The number of nitrogens with one attached hydrogen (secondary N) is 2. The lowest BCUT2D eigenvalue weighted by Gasteiger charge is -2.14. The van der Waals surface area contributed by atoms with Gasteiger partial charge in [-0.3, -0.25) is 4.79 Å². The number of carbonyl (C=O) groups is 1. The first-order valence-corrected chi connectivity index (χ1v) is 5.06. The summed E-state index contributed by atoms with van der Waals surface area (Å²) < 4.78 is 5.53. The molecule has 0 aromatic rings. The van der Waals surface area contributed by atoms with Gasteiger partial charge in [-0.1, -0.05) is 6.08 Å². The highest BCUT2D eigenvalue weighted by atomic mass is 16.5. The Morgan fingerprint density at radius 1 is 1.71 bits per heavy atom. The number of amides is 1. The fourth-order valence-electron chi connectivity index (χ4n) is 1.32. The van der Waals surface area contributed by atoms with E-state index in [0.29, 0.717) is 6.54 Å². The largest absolute Gasteiger partial charge is 0.375 e. The molecule has 0 radical (unpaired) electrons. The molecular formula is C10H18N2O2. The van der Waals surface area contributed by atoms with Crippen molar-refractivity contribution >= 4 is 5.91 Å². The highest BCUT2D eigenvalue weighted by Crippen LogP contribution is 1.95. The van der Waals surface area contributed by atoms with Crippen molar-refractivity contribution < 1.29 is 9.53 Å². The van der Waals surface area contributed by atoms with Crippen LogP contribution in [-0.2, 0) is 9.53 Å². The molecule has 1 aliphatic rings. The van der Waals surface area contributed by atoms with E-state index in [9.17, 15) is 4.79 Å². The molecule has 1 fully saturated rings. The summed E-state index contributed by atoms with van der Waals surface area (Å²) >= 11 is 0. The highest BCUT2D eigenvalue weighted by molar-refractivity contribution is 5.87. The lowest BCUT2D eigenvalue weighted by Crippen LogP contribution is -2.37. The molecule has 4 heteroatoms. The van der Waals surface area contributed by atoms with E-state index in [2.05, 4.69) is 10.6 Å². The number of allylic oxidation sites excluding steroid dienone is 1. The van der Waals surface area contributed by atoms with Gasteiger partial charge in [0.2, 0.25) is 5.91 Å². The third-order valence-electron chi connectivity index (χ3n) is 2.05. The number of rotatable bonds is 3. The van der Waals surface area contributed by atoms with Crippen LogP contribution in [0.25, 0.3) is 0 Å². The first-order chi connectivity index (χ1) is 6.83. The minimum atomic E-state index is -0.0552. The van der Waals surface area contributed by atoms with Gasteiger partial charge in [-0.25, -0.2) is 0 Å². The van der Waals surface area contributed by atoms with Gasteiger partial charge >= 0.3 is 0 Å². The molecule has 0 saturated carbocycles. The highest BCUT2D eigenvalue weighted by Gasteiger charge is 2.11. The summed E-state index contributed by atoms with van der Waals surface area (Å²) in [5, 5.41) is 6.05. The molecule has 1 unspecified atom stereocenters. The Labute approximate surface area is 84.7 Å². The Hall–Kier alpha value is -0.870. The van der Waals surface area contributed by atoms with Gasteiger partial charge in [0.15, 0.2) is 0 Å². The van der Waals surface area contributed by atoms with Crippen LogP contribution < -0.4 is 10.6 Å². The quantitative estimate of drug-likeness (QED) is 0.630. The van der Waals surface area contributed by atoms with Crippen molar-refractivity contribution in [3.63, 3.8) is 0 Å². The van der Waals surface area contributed by atoms with E-state index in [4.69, 9.17) is 4.74 Å². The van der Waals surface area contributed by atoms with Crippen molar-refractivity contribution in [1.82, 2.24) is 10.6 Å². The molecule has 1 rings (SSSR count). The molecular weight excluding hydrogens is 180 g/mol. The number of hydrogen-bond donors (Lipinski definition) is 2. The molecule has 80 valence electrons. The van der Waals surface area contributed by atoms with Crippen molar-refractivity contribution in [2.75, 3.05) is 26.2 Å². The standard InChI is InChI=1S/C10H18N2O2/c1-2-4-10(13)12-8-9-7-11-5-3-6-14-9/h2,4,9,11H,3,5-8H2,1H3,(H,12,13)/b4-2+. The van der Waals surface area contributed by atoms with E-state index in [1.165, 1.54) is 6.08 Å². The van der Waals surface area contributed by atoms with E-state index < -0.39 is 0 Å². The number of hydrogen-bond acceptors (Lipinski definition) is 3. The minimum Gasteiger partial charge on any atom is -0.375 e. The van der Waals surface area contributed by atoms with E-state index in [0.717, 1.165) is 26.1 Å². The molecule has 14 heavy (non-hydrogen) atoms. The average molecular weight is 198 g/mol. The Bertz CT molecular complexity index is 196. The summed E-state index contributed by atoms with van der Waals surface area (Å²) in [4.78, 5) is 11.1. The molecule has 1 aliphatic heterocycles. The molecule has 4 nitrogen and oxygen atoms in total. The maximum Gasteiger partial charge on any atom is 0.243 e. The molecule has 1 atom stereocenters. The zero-order chi connectivity index (χ0) is 10.2. The average Bonchev–Trinajstić information content (AvgIpc) is 2.43. The molecule has 2 N–H and O–H groups in total. The van der Waals surface area contributed by atoms with Crippen LogP contribution in [0.15, 0.2) is 12.2 Å². The van der Waals surface area contributed by atoms with Crippen LogP contribution in [0.5, 0.6) is 0 Å². The van der Waals surface area contributed by atoms with Crippen LogP contribution >= 0.6 is 0 Å². The maximum absolute atomic E-state index is 11.1. The van der Waals surface area contributed by atoms with Gasteiger partial charge in [0, 0.05) is 19.7 Å². The van der Waals surface area contributed by atoms with Gasteiger partial charge in [-0.2, -0.15) is 0 Å². The normalized spacial score (nSPS) is 23.4. The van der Waals surface area contributed by atoms with E-state index in [1.54, 1.807) is 6.08 Å². The van der Waals surface area contributed by atoms with Gasteiger partial charge < -0.3 is 15.4 Å². The second-order valence-corrected chi connectivity index (χ2v) is 3.30. The molecule has 0 aromatic heterocycles. The summed E-state index contributed by atoms with van der Waals surface area (Å²) in [5.74, 6) is -0.0552. The number of carbonyl (C=O) groups excluding carboxylic acids is 1. The summed E-state index contributed by atoms with van der Waals surface area (Å²) in [5.41, 5.74) is 0. The zero-order valence-corrected chi connectivity index (χ0v) is 8.58. The zero-order valence-electron chi connectivity index (χ0n) is 8.58. The van der Waals surface area contributed by atoms with Crippen LogP contribution in [0.4, 0.5) is 0 Å². The van der Waals surface area contributed by atoms with E-state index >= 15 is 0 Å². The van der Waals surface area contributed by atoms with Gasteiger partial charge in [0.1, 0.15) is 0 Å². The predicted molar refractivity (Wildman–Crippen MR) is 55.1 cm³/mol. The first-order valence-electron chi connectivity index (χ1n) is 5.06. The van der Waals surface area contributed by atoms with E-state index in [1.807, 2.05) is 6.92 Å². The van der Waals surface area contributed by atoms with Crippen molar-refractivity contribution in [3.8, 4) is 0 Å². The summed E-state index contributed by atoms with van der Waals surface area (Å²) in [7, 11) is 0. The Kier molecular flexibility index (Phi) is 5.25. The van der Waals surface area contributed by atoms with Crippen molar-refractivity contribution in [1.29, 1.82) is 0 Å². The summed E-state index contributed by atoms with van der Waals surface area (Å²) in [6.45, 7) is 4.99. The molecule has 0 spiro atoms. The van der Waals surface area contributed by atoms with Crippen LogP contribution in [-0.4, -0.2) is 38.3 Å². The summed E-state index contributed by atoms with van der Waals surface area (Å²) in [6, 6.07) is 0. The second-order valence-electron chi connectivity index (χ2n) is 3.30. The molecule has 1 amide bonds. The first kappa shape index (κ1) is 11.2. The second kappa shape index (κ2) is 6.56. The molecule has 0 bridgehead atoms. The minimum absolute atomic E-state index is 0.0552. The van der Waals surface area contributed by atoms with Gasteiger partial charge in [-0.15, -0.1) is 0 Å². The molecule has 1 heterocycles. The predicted octanol–water partition coefficient (Wildman–Crippen LogP) is 0.0572. The monoisotopic (exact) mass is 198 g/mol. The maximum atomic E-state index is 11.1. The van der Waals surface area contributed by atoms with Crippen molar-refractivity contribution in [2.45, 2.75) is 19.4 Å². The lowest BCUT2D eigenvalue weighted by atomic mass is 10.3. The van der Waals surface area contributed by atoms with Crippen LogP contribution in [0.3, 0.4) is 0 Å². The smallest absolute Gasteiger partial charge is 0.243 e. The van der Waals surface area contributed by atoms with Crippen molar-refractivity contribution in [2.24, 2.45) is 0 Å². The van der Waals surface area contributed by atoms with Crippen LogP contribution in [0.2, 0.25) is 0 Å². The van der Waals surface area contributed by atoms with Crippen LogP contribution in [0.1, 0.15) is 13.3 Å². The third-order valence-corrected chi connectivity index (χ3v) is 2.05. The fraction of sp³-hybridized carbons (Fsp3) is 0.700. The Morgan fingerprint density at radius 2 is 2.57 bits per heavy atom. The third kappa shape index (κ3) is 4.39. The Morgan fingerprint density at radius 3 is 3.36 bits per heavy atom. The van der Waals surface area contributed by atoms with Crippen LogP contribution in [0, 0.1) is 0 Å². The molecule has 1 saturated heterocycles. The van der Waals surface area contributed by atoms with Crippen molar-refractivity contribution in [3.05, 3.63) is 12.2 Å². The van der Waals surface area contributed by atoms with Gasteiger partial charge in [0.25, 0.3) is 0 Å². The summed E-state index contributed by atoms with van der Waals surface area (Å²) in [6.07, 6.45) is 4.39. The molecule has 0 aromatic carbocycles. The van der Waals surface area contributed by atoms with Gasteiger partial charge in [-0.05, 0) is 26.0 Å². The fourth-order valence-corrected chi connectivity index (χ4v) is 1.32. The lowest BCUT2D eigenvalue weighted by molar-refractivity contribution is -0.117. The SMILES string of the molecule is C/C=C/C(=O)NCC1CNCCCO1. The van der Waals surface area contributed by atoms with Gasteiger partial charge in [0.05, 0.1) is 6.10 Å².